The number of benzene rings is 2. The molecule has 0 aliphatic rings. The molecule has 0 aliphatic heterocycles. The van der Waals surface area contributed by atoms with Crippen LogP contribution in [0.5, 0.6) is 5.75 Å². The monoisotopic (exact) mass is 428 g/mol. The van der Waals surface area contributed by atoms with E-state index in [0.717, 1.165) is 0 Å². The Morgan fingerprint density at radius 2 is 1.48 bits per heavy atom. The molecule has 0 heterocycles. The number of carbonyl (C=O) groups is 3. The van der Waals surface area contributed by atoms with E-state index in [1.165, 1.54) is 14.2 Å². The molecule has 8 nitrogen and oxygen atoms in total. The number of amides is 2. The molecule has 0 aliphatic carbocycles. The van der Waals surface area contributed by atoms with Gasteiger partial charge in [-0.2, -0.15) is 0 Å². The Balaban J connectivity index is 2.07. The standard InChI is InChI=1S/C23H28N2O6/c1-23(2,3)31-22(28)25-17-12-10-16(11-13-17)24-20(26)18(21(27)30-5)14-15-8-6-7-9-19(15)29-4/h6-13,18H,14H2,1-5H3,(H,24,26)(H,25,28). The van der Waals surface area contributed by atoms with E-state index in [0.29, 0.717) is 22.7 Å². The summed E-state index contributed by atoms with van der Waals surface area (Å²) < 4.78 is 15.3. The molecule has 31 heavy (non-hydrogen) atoms. The zero-order chi connectivity index (χ0) is 23.0. The molecule has 2 aromatic carbocycles. The average Bonchev–Trinajstić information content (AvgIpc) is 2.71. The Morgan fingerprint density at radius 3 is 2.03 bits per heavy atom. The summed E-state index contributed by atoms with van der Waals surface area (Å²) in [5.74, 6) is -1.63. The van der Waals surface area contributed by atoms with E-state index in [4.69, 9.17) is 14.2 Å². The highest BCUT2D eigenvalue weighted by atomic mass is 16.6. The second kappa shape index (κ2) is 10.5. The number of carbonyl (C=O) groups excluding carboxylic acids is 3. The quantitative estimate of drug-likeness (QED) is 0.510. The van der Waals surface area contributed by atoms with Crippen molar-refractivity contribution in [3.8, 4) is 5.75 Å². The van der Waals surface area contributed by atoms with Gasteiger partial charge in [-0.1, -0.05) is 18.2 Å². The van der Waals surface area contributed by atoms with Crippen molar-refractivity contribution in [3.05, 3.63) is 54.1 Å². The summed E-state index contributed by atoms with van der Waals surface area (Å²) >= 11 is 0. The highest BCUT2D eigenvalue weighted by molar-refractivity contribution is 6.05. The lowest BCUT2D eigenvalue weighted by Gasteiger charge is -2.19. The fourth-order valence-electron chi connectivity index (χ4n) is 2.80. The third-order valence-electron chi connectivity index (χ3n) is 4.22. The molecule has 0 saturated carbocycles. The van der Waals surface area contributed by atoms with Crippen molar-refractivity contribution in [1.29, 1.82) is 0 Å². The normalized spacial score (nSPS) is 11.8. The SMILES string of the molecule is COC(=O)C(Cc1ccccc1OC)C(=O)Nc1ccc(NC(=O)OC(C)(C)C)cc1. The first-order valence-corrected chi connectivity index (χ1v) is 9.73. The maximum absolute atomic E-state index is 12.8. The zero-order valence-corrected chi connectivity index (χ0v) is 18.4. The molecule has 166 valence electrons. The summed E-state index contributed by atoms with van der Waals surface area (Å²) in [6.07, 6.45) is -0.451. The first kappa shape index (κ1) is 23.7. The molecule has 0 bridgehead atoms. The van der Waals surface area contributed by atoms with Gasteiger partial charge in [0.05, 0.1) is 14.2 Å². The molecule has 1 atom stereocenters. The van der Waals surface area contributed by atoms with Crippen LogP contribution in [0.2, 0.25) is 0 Å². The maximum Gasteiger partial charge on any atom is 0.412 e. The van der Waals surface area contributed by atoms with Crippen LogP contribution >= 0.6 is 0 Å². The van der Waals surface area contributed by atoms with Gasteiger partial charge < -0.3 is 19.5 Å². The number of para-hydroxylation sites is 1. The first-order chi connectivity index (χ1) is 14.6. The highest BCUT2D eigenvalue weighted by Crippen LogP contribution is 2.23. The van der Waals surface area contributed by atoms with E-state index in [1.807, 2.05) is 6.07 Å². The first-order valence-electron chi connectivity index (χ1n) is 9.73. The van der Waals surface area contributed by atoms with Crippen LogP contribution in [0.4, 0.5) is 16.2 Å². The molecule has 0 saturated heterocycles. The number of anilines is 2. The van der Waals surface area contributed by atoms with E-state index in [-0.39, 0.29) is 6.42 Å². The van der Waals surface area contributed by atoms with Crippen molar-refractivity contribution in [2.24, 2.45) is 5.92 Å². The van der Waals surface area contributed by atoms with Gasteiger partial charge in [-0.15, -0.1) is 0 Å². The van der Waals surface area contributed by atoms with Crippen molar-refractivity contribution >= 4 is 29.3 Å². The molecule has 0 aromatic heterocycles. The van der Waals surface area contributed by atoms with Gasteiger partial charge in [0, 0.05) is 11.4 Å². The summed E-state index contributed by atoms with van der Waals surface area (Å²) in [7, 11) is 2.76. The number of hydrogen-bond donors (Lipinski definition) is 2. The fourth-order valence-corrected chi connectivity index (χ4v) is 2.80. The highest BCUT2D eigenvalue weighted by Gasteiger charge is 2.29. The van der Waals surface area contributed by atoms with Crippen LogP contribution in [-0.2, 0) is 25.5 Å². The van der Waals surface area contributed by atoms with Gasteiger partial charge in [-0.05, 0) is 63.1 Å². The molecule has 1 unspecified atom stereocenters. The molecule has 0 radical (unpaired) electrons. The number of nitrogens with one attached hydrogen (secondary N) is 2. The van der Waals surface area contributed by atoms with Crippen LogP contribution in [0.25, 0.3) is 0 Å². The molecular formula is C23H28N2O6. The second-order valence-electron chi connectivity index (χ2n) is 7.79. The number of rotatable bonds is 7. The lowest BCUT2D eigenvalue weighted by Crippen LogP contribution is -2.32. The molecule has 2 aromatic rings. The number of hydrogen-bond acceptors (Lipinski definition) is 6. The van der Waals surface area contributed by atoms with E-state index < -0.39 is 29.5 Å². The smallest absolute Gasteiger partial charge is 0.412 e. The minimum Gasteiger partial charge on any atom is -0.496 e. The summed E-state index contributed by atoms with van der Waals surface area (Å²) in [5, 5.41) is 5.32. The Bertz CT molecular complexity index is 918. The zero-order valence-electron chi connectivity index (χ0n) is 18.4. The Hall–Kier alpha value is -3.55. The summed E-state index contributed by atoms with van der Waals surface area (Å²) in [5.41, 5.74) is 1.08. The van der Waals surface area contributed by atoms with E-state index in [9.17, 15) is 14.4 Å². The lowest BCUT2D eigenvalue weighted by molar-refractivity contribution is -0.148. The van der Waals surface area contributed by atoms with E-state index in [1.54, 1.807) is 63.2 Å². The van der Waals surface area contributed by atoms with Gasteiger partial charge in [0.15, 0.2) is 0 Å². The van der Waals surface area contributed by atoms with Gasteiger partial charge in [0.2, 0.25) is 5.91 Å². The van der Waals surface area contributed by atoms with Crippen molar-refractivity contribution in [2.75, 3.05) is 24.9 Å². The molecule has 2 rings (SSSR count). The van der Waals surface area contributed by atoms with Crippen molar-refractivity contribution in [1.82, 2.24) is 0 Å². The third kappa shape index (κ3) is 7.33. The van der Waals surface area contributed by atoms with Crippen LogP contribution in [-0.4, -0.2) is 37.8 Å². The minimum absolute atomic E-state index is 0.126. The minimum atomic E-state index is -1.05. The van der Waals surface area contributed by atoms with Gasteiger partial charge in [-0.25, -0.2) is 4.79 Å². The average molecular weight is 428 g/mol. The van der Waals surface area contributed by atoms with Crippen LogP contribution in [0, 0.1) is 5.92 Å². The van der Waals surface area contributed by atoms with Crippen LogP contribution in [0.15, 0.2) is 48.5 Å². The van der Waals surface area contributed by atoms with Gasteiger partial charge >= 0.3 is 12.1 Å². The lowest BCUT2D eigenvalue weighted by atomic mass is 9.97. The van der Waals surface area contributed by atoms with Crippen LogP contribution in [0.3, 0.4) is 0 Å². The number of ether oxygens (including phenoxy) is 3. The Kier molecular flexibility index (Phi) is 8.01. The number of methoxy groups -OCH3 is 2. The molecule has 0 fully saturated rings. The largest absolute Gasteiger partial charge is 0.496 e. The van der Waals surface area contributed by atoms with Crippen LogP contribution in [0.1, 0.15) is 26.3 Å². The van der Waals surface area contributed by atoms with Gasteiger partial charge in [-0.3, -0.25) is 14.9 Å². The third-order valence-corrected chi connectivity index (χ3v) is 4.22. The molecule has 0 spiro atoms. The summed E-state index contributed by atoms with van der Waals surface area (Å²) in [6, 6.07) is 13.6. The van der Waals surface area contributed by atoms with Crippen LogP contribution < -0.4 is 15.4 Å². The van der Waals surface area contributed by atoms with E-state index in [2.05, 4.69) is 10.6 Å². The molecule has 2 N–H and O–H groups in total. The van der Waals surface area contributed by atoms with Gasteiger partial charge in [0.1, 0.15) is 17.3 Å². The second-order valence-corrected chi connectivity index (χ2v) is 7.79. The predicted molar refractivity (Wildman–Crippen MR) is 117 cm³/mol. The summed E-state index contributed by atoms with van der Waals surface area (Å²) in [6.45, 7) is 5.32. The Morgan fingerprint density at radius 1 is 0.903 bits per heavy atom. The van der Waals surface area contributed by atoms with E-state index >= 15 is 0 Å². The molecule has 8 heteroatoms. The number of esters is 1. The molecule has 2 amide bonds. The molecular weight excluding hydrogens is 400 g/mol. The predicted octanol–water partition coefficient (Wildman–Crippen LogP) is 4.01. The summed E-state index contributed by atoms with van der Waals surface area (Å²) in [4.78, 5) is 36.9. The van der Waals surface area contributed by atoms with Crippen molar-refractivity contribution < 1.29 is 28.6 Å². The Labute approximate surface area is 181 Å². The topological polar surface area (TPSA) is 103 Å². The fraction of sp³-hybridized carbons (Fsp3) is 0.348. The van der Waals surface area contributed by atoms with Gasteiger partial charge in [0.25, 0.3) is 0 Å². The van der Waals surface area contributed by atoms with Crippen molar-refractivity contribution in [3.63, 3.8) is 0 Å². The van der Waals surface area contributed by atoms with Crippen molar-refractivity contribution in [2.45, 2.75) is 32.8 Å². The maximum atomic E-state index is 12.8.